The number of fused-ring (bicyclic) bond motifs is 1. The number of nitrogens with zero attached hydrogens (tertiary/aromatic N) is 1. The van der Waals surface area contributed by atoms with E-state index in [-0.39, 0.29) is 12.1 Å². The fourth-order valence-corrected chi connectivity index (χ4v) is 1.90. The molecule has 0 aliphatic carbocycles. The highest BCUT2D eigenvalue weighted by atomic mass is 79.9. The number of anilines is 1. The van der Waals surface area contributed by atoms with Crippen LogP contribution in [0.3, 0.4) is 0 Å². The van der Waals surface area contributed by atoms with E-state index in [0.29, 0.717) is 0 Å². The lowest BCUT2D eigenvalue weighted by molar-refractivity contribution is -0.132. The summed E-state index contributed by atoms with van der Waals surface area (Å²) >= 11 is 3.36. The van der Waals surface area contributed by atoms with Crippen molar-refractivity contribution in [1.29, 1.82) is 0 Å². The van der Waals surface area contributed by atoms with Crippen LogP contribution in [-0.4, -0.2) is 22.6 Å². The topological polar surface area (TPSA) is 62.2 Å². The lowest BCUT2D eigenvalue weighted by Gasteiger charge is -2.09. The maximum Gasteiger partial charge on any atom is 0.332 e. The maximum atomic E-state index is 10.7. The number of rotatable bonds is 4. The highest BCUT2D eigenvalue weighted by Gasteiger charge is 2.06. The van der Waals surface area contributed by atoms with Crippen molar-refractivity contribution in [3.63, 3.8) is 0 Å². The second kappa shape index (κ2) is 5.18. The number of aromatic nitrogens is 1. The van der Waals surface area contributed by atoms with Gasteiger partial charge >= 0.3 is 5.97 Å². The minimum absolute atomic E-state index is 0.115. The van der Waals surface area contributed by atoms with Gasteiger partial charge in [0.25, 0.3) is 0 Å². The van der Waals surface area contributed by atoms with Crippen LogP contribution in [0.25, 0.3) is 10.9 Å². The number of carboxylic acids is 1. The van der Waals surface area contributed by atoms with Crippen LogP contribution in [0.4, 0.5) is 5.69 Å². The van der Waals surface area contributed by atoms with Gasteiger partial charge in [-0.05, 0) is 28.1 Å². The first-order chi connectivity index (χ1) is 8.58. The number of hydrogen-bond donors (Lipinski definition) is 2. The Labute approximate surface area is 112 Å². The summed E-state index contributed by atoms with van der Waals surface area (Å²) in [6, 6.07) is 7.66. The minimum atomic E-state index is -1.00. The summed E-state index contributed by atoms with van der Waals surface area (Å²) in [6.45, 7) is 3.66. The Balaban J connectivity index is 2.28. The Kier molecular flexibility index (Phi) is 3.62. The van der Waals surface area contributed by atoms with E-state index < -0.39 is 5.97 Å². The normalized spacial score (nSPS) is 10.3. The molecule has 0 saturated carbocycles. The van der Waals surface area contributed by atoms with Gasteiger partial charge < -0.3 is 10.4 Å². The van der Waals surface area contributed by atoms with Gasteiger partial charge in [0.05, 0.1) is 11.2 Å². The third-order valence-corrected chi connectivity index (χ3v) is 2.91. The maximum absolute atomic E-state index is 10.7. The number of hydrogen-bond acceptors (Lipinski definition) is 3. The van der Waals surface area contributed by atoms with Gasteiger partial charge in [0.1, 0.15) is 0 Å². The molecule has 2 rings (SSSR count). The van der Waals surface area contributed by atoms with E-state index in [2.05, 4.69) is 32.8 Å². The van der Waals surface area contributed by atoms with Crippen LogP contribution in [0.15, 0.2) is 47.1 Å². The summed E-state index contributed by atoms with van der Waals surface area (Å²) in [7, 11) is 0. The van der Waals surface area contributed by atoms with Crippen molar-refractivity contribution in [2.75, 3.05) is 11.9 Å². The molecule has 1 heterocycles. The molecule has 0 atom stereocenters. The Morgan fingerprint density at radius 3 is 3.00 bits per heavy atom. The fraction of sp³-hybridized carbons (Fsp3) is 0.0769. The van der Waals surface area contributed by atoms with Crippen molar-refractivity contribution in [3.8, 4) is 0 Å². The molecule has 0 unspecified atom stereocenters. The molecule has 0 spiro atoms. The standard InChI is InChI=1S/C13H11BrN2O2/c1-8(13(17)18)6-15-11-4-2-3-9-5-10(14)7-16-12(9)11/h2-5,7,15H,1,6H2,(H,17,18). The average molecular weight is 307 g/mol. The second-order valence-corrected chi connectivity index (χ2v) is 4.71. The van der Waals surface area contributed by atoms with Gasteiger partial charge in [0.2, 0.25) is 0 Å². The Morgan fingerprint density at radius 2 is 2.28 bits per heavy atom. The molecule has 0 aliphatic rings. The SMILES string of the molecule is C=C(CNc1cccc2cc(Br)cnc12)C(=O)O. The summed E-state index contributed by atoms with van der Waals surface area (Å²) in [5.74, 6) is -1.00. The molecule has 0 aliphatic heterocycles. The number of halogens is 1. The summed E-state index contributed by atoms with van der Waals surface area (Å²) in [5.41, 5.74) is 1.71. The third kappa shape index (κ3) is 2.68. The zero-order valence-corrected chi connectivity index (χ0v) is 11.1. The van der Waals surface area contributed by atoms with Crippen LogP contribution in [0.2, 0.25) is 0 Å². The van der Waals surface area contributed by atoms with Gasteiger partial charge in [-0.3, -0.25) is 4.98 Å². The van der Waals surface area contributed by atoms with Crippen LogP contribution < -0.4 is 5.32 Å². The van der Waals surface area contributed by atoms with Crippen molar-refractivity contribution < 1.29 is 9.90 Å². The van der Waals surface area contributed by atoms with E-state index in [9.17, 15) is 4.79 Å². The molecule has 0 bridgehead atoms. The van der Waals surface area contributed by atoms with Gasteiger partial charge in [-0.1, -0.05) is 18.7 Å². The largest absolute Gasteiger partial charge is 0.478 e. The summed E-state index contributed by atoms with van der Waals surface area (Å²) < 4.78 is 0.905. The Hall–Kier alpha value is -1.88. The first kappa shape index (κ1) is 12.6. The number of pyridine rings is 1. The van der Waals surface area contributed by atoms with Crippen molar-refractivity contribution in [3.05, 3.63) is 47.1 Å². The van der Waals surface area contributed by atoms with E-state index in [1.54, 1.807) is 6.20 Å². The van der Waals surface area contributed by atoms with Crippen molar-refractivity contribution in [2.24, 2.45) is 0 Å². The van der Waals surface area contributed by atoms with Crippen molar-refractivity contribution in [1.82, 2.24) is 4.98 Å². The van der Waals surface area contributed by atoms with E-state index in [1.165, 1.54) is 0 Å². The molecule has 4 nitrogen and oxygen atoms in total. The van der Waals surface area contributed by atoms with Crippen molar-refractivity contribution >= 4 is 38.5 Å². The quantitative estimate of drug-likeness (QED) is 0.852. The molecule has 1 aromatic heterocycles. The Bertz CT molecular complexity index is 625. The molecule has 2 N–H and O–H groups in total. The molecule has 5 heteroatoms. The predicted octanol–water partition coefficient (Wildman–Crippen LogP) is 3.05. The lowest BCUT2D eigenvalue weighted by atomic mass is 10.2. The van der Waals surface area contributed by atoms with Gasteiger partial charge in [-0.2, -0.15) is 0 Å². The molecule has 0 saturated heterocycles. The summed E-state index contributed by atoms with van der Waals surface area (Å²) in [5, 5.41) is 12.8. The van der Waals surface area contributed by atoms with Crippen LogP contribution in [0.1, 0.15) is 0 Å². The summed E-state index contributed by atoms with van der Waals surface area (Å²) in [4.78, 5) is 15.0. The fourth-order valence-electron chi connectivity index (χ4n) is 1.55. The van der Waals surface area contributed by atoms with Crippen LogP contribution >= 0.6 is 15.9 Å². The highest BCUT2D eigenvalue weighted by molar-refractivity contribution is 9.10. The zero-order valence-electron chi connectivity index (χ0n) is 9.48. The smallest absolute Gasteiger partial charge is 0.332 e. The number of nitrogens with one attached hydrogen (secondary N) is 1. The van der Waals surface area contributed by atoms with E-state index in [1.807, 2.05) is 24.3 Å². The third-order valence-electron chi connectivity index (χ3n) is 2.47. The van der Waals surface area contributed by atoms with Gasteiger partial charge in [-0.15, -0.1) is 0 Å². The predicted molar refractivity (Wildman–Crippen MR) is 74.7 cm³/mol. The van der Waals surface area contributed by atoms with E-state index in [0.717, 1.165) is 21.1 Å². The first-order valence-electron chi connectivity index (χ1n) is 5.27. The molecule has 0 radical (unpaired) electrons. The van der Waals surface area contributed by atoms with Gasteiger partial charge in [0.15, 0.2) is 0 Å². The molecule has 0 fully saturated rings. The summed E-state index contributed by atoms with van der Waals surface area (Å²) in [6.07, 6.45) is 1.71. The van der Waals surface area contributed by atoms with Crippen LogP contribution in [0, 0.1) is 0 Å². The molecular formula is C13H11BrN2O2. The number of para-hydroxylation sites is 1. The van der Waals surface area contributed by atoms with E-state index >= 15 is 0 Å². The van der Waals surface area contributed by atoms with Gasteiger partial charge in [0, 0.05) is 28.2 Å². The Morgan fingerprint density at radius 1 is 1.50 bits per heavy atom. The molecule has 0 amide bonds. The molecule has 1 aromatic carbocycles. The molecule has 2 aromatic rings. The van der Waals surface area contributed by atoms with Crippen LogP contribution in [-0.2, 0) is 4.79 Å². The molecular weight excluding hydrogens is 296 g/mol. The van der Waals surface area contributed by atoms with Gasteiger partial charge in [-0.25, -0.2) is 4.79 Å². The monoisotopic (exact) mass is 306 g/mol. The highest BCUT2D eigenvalue weighted by Crippen LogP contribution is 2.23. The number of carboxylic acid groups (broad SMARTS) is 1. The minimum Gasteiger partial charge on any atom is -0.478 e. The van der Waals surface area contributed by atoms with E-state index in [4.69, 9.17) is 5.11 Å². The number of benzene rings is 1. The zero-order chi connectivity index (χ0) is 13.1. The molecule has 18 heavy (non-hydrogen) atoms. The van der Waals surface area contributed by atoms with Crippen molar-refractivity contribution in [2.45, 2.75) is 0 Å². The van der Waals surface area contributed by atoms with Crippen LogP contribution in [0.5, 0.6) is 0 Å². The first-order valence-corrected chi connectivity index (χ1v) is 6.06. The second-order valence-electron chi connectivity index (χ2n) is 3.79. The molecule has 92 valence electrons. The number of carbonyl (C=O) groups is 1. The lowest BCUT2D eigenvalue weighted by Crippen LogP contribution is -2.11. The number of aliphatic carboxylic acids is 1. The average Bonchev–Trinajstić information content (AvgIpc) is 2.35.